The van der Waals surface area contributed by atoms with Gasteiger partial charge in [0.2, 0.25) is 0 Å². The van der Waals surface area contributed by atoms with E-state index in [-0.39, 0.29) is 26.2 Å². The molecule has 0 aliphatic rings. The molecule has 0 fully saturated rings. The molecule has 0 rings (SSSR count). The van der Waals surface area contributed by atoms with E-state index in [1.54, 1.807) is 0 Å². The maximum absolute atomic E-state index is 10.2. The van der Waals surface area contributed by atoms with Gasteiger partial charge < -0.3 is 20.4 Å². The molecule has 0 bridgehead atoms. The summed E-state index contributed by atoms with van der Waals surface area (Å²) in [7, 11) is 0. The normalized spacial score (nSPS) is 11.0. The molecule has 0 saturated heterocycles. The van der Waals surface area contributed by atoms with E-state index in [4.69, 9.17) is 20.4 Å². The fourth-order valence-electron chi connectivity index (χ4n) is 4.56. The van der Waals surface area contributed by atoms with Gasteiger partial charge in [-0.15, -0.1) is 0 Å². The van der Waals surface area contributed by atoms with E-state index in [2.05, 4.69) is 69.2 Å². The number of aliphatic carboxylic acids is 4. The Kier molecular flexibility index (Phi) is 42.6. The summed E-state index contributed by atoms with van der Waals surface area (Å²) in [5.74, 6) is -2.69. The Balaban J connectivity index is -0.000000174. The van der Waals surface area contributed by atoms with Crippen molar-refractivity contribution in [3.8, 4) is 0 Å². The quantitative estimate of drug-likeness (QED) is 0.0585. The van der Waals surface area contributed by atoms with Gasteiger partial charge in [-0.2, -0.15) is 0 Å². The molecule has 9 heteroatoms. The molecule has 0 heterocycles. The molecule has 0 amide bonds. The van der Waals surface area contributed by atoms with Crippen molar-refractivity contribution < 1.29 is 39.6 Å². The second-order valence-corrected chi connectivity index (χ2v) is 16.8. The molecule has 0 spiro atoms. The van der Waals surface area contributed by atoms with Crippen LogP contribution in [-0.2, 0) is 19.2 Å². The fourth-order valence-corrected chi connectivity index (χ4v) is 4.56. The van der Waals surface area contributed by atoms with Crippen LogP contribution in [0.3, 0.4) is 0 Å². The molecule has 0 saturated carbocycles. The minimum absolute atomic E-state index is 0. The number of carboxylic acids is 4. The molecule has 49 heavy (non-hydrogen) atoms. The summed E-state index contributed by atoms with van der Waals surface area (Å²) in [4.78, 5) is 40.6. The van der Waals surface area contributed by atoms with Crippen LogP contribution in [0.15, 0.2) is 0 Å². The van der Waals surface area contributed by atoms with Gasteiger partial charge in [0, 0.05) is 25.7 Å². The third kappa shape index (κ3) is 77.5. The van der Waals surface area contributed by atoms with Crippen molar-refractivity contribution >= 4 is 50.1 Å². The van der Waals surface area contributed by atoms with Gasteiger partial charge in [0.1, 0.15) is 0 Å². The van der Waals surface area contributed by atoms with Crippen molar-refractivity contribution in [1.29, 1.82) is 0 Å². The zero-order valence-electron chi connectivity index (χ0n) is 33.9. The maximum atomic E-state index is 10.2. The van der Waals surface area contributed by atoms with E-state index >= 15 is 0 Å². The van der Waals surface area contributed by atoms with Crippen LogP contribution in [0.2, 0.25) is 0 Å². The predicted octanol–water partition coefficient (Wildman–Crippen LogP) is 11.2. The van der Waals surface area contributed by atoms with Gasteiger partial charge >= 0.3 is 50.1 Å². The molecular formula is C40H83BiO8. The Bertz CT molecular complexity index is 696. The number of hydrogen-bond acceptors (Lipinski definition) is 4. The van der Waals surface area contributed by atoms with Crippen molar-refractivity contribution in [2.75, 3.05) is 0 Å². The third-order valence-corrected chi connectivity index (χ3v) is 7.45. The number of unbranched alkanes of at least 4 members (excludes halogenated alkanes) is 12. The van der Waals surface area contributed by atoms with Crippen molar-refractivity contribution in [2.45, 2.75) is 217 Å². The van der Waals surface area contributed by atoms with E-state index in [0.29, 0.717) is 41.9 Å². The zero-order valence-corrected chi connectivity index (χ0v) is 39.4. The molecule has 0 aromatic carbocycles. The summed E-state index contributed by atoms with van der Waals surface area (Å²) < 4.78 is 0. The van der Waals surface area contributed by atoms with Crippen molar-refractivity contribution in [3.05, 3.63) is 0 Å². The van der Waals surface area contributed by atoms with Gasteiger partial charge in [0.25, 0.3) is 0 Å². The van der Waals surface area contributed by atoms with E-state index in [0.717, 1.165) is 70.6 Å². The predicted molar refractivity (Wildman–Crippen MR) is 211 cm³/mol. The first-order valence-electron chi connectivity index (χ1n) is 18.9. The van der Waals surface area contributed by atoms with E-state index in [1.807, 2.05) is 0 Å². The first kappa shape index (κ1) is 57.1. The fraction of sp³-hybridized carbons (Fsp3) is 0.900. The van der Waals surface area contributed by atoms with Gasteiger partial charge in [0.05, 0.1) is 0 Å². The zero-order chi connectivity index (χ0) is 38.1. The van der Waals surface area contributed by atoms with Crippen LogP contribution >= 0.6 is 0 Å². The molecule has 296 valence electrons. The van der Waals surface area contributed by atoms with Crippen LogP contribution in [0, 0.1) is 16.2 Å². The van der Waals surface area contributed by atoms with Crippen molar-refractivity contribution in [1.82, 2.24) is 0 Å². The van der Waals surface area contributed by atoms with E-state index in [1.165, 1.54) is 51.4 Å². The summed E-state index contributed by atoms with van der Waals surface area (Å²) in [6, 6.07) is 0. The van der Waals surface area contributed by atoms with Gasteiger partial charge in [-0.3, -0.25) is 19.2 Å². The Hall–Kier alpha value is -1.24. The number of rotatable bonds is 23. The summed E-state index contributed by atoms with van der Waals surface area (Å²) in [6.07, 6.45) is 22.2. The second kappa shape index (κ2) is 36.6. The Morgan fingerprint density at radius 3 is 0.714 bits per heavy atom. The average Bonchev–Trinajstić information content (AvgIpc) is 2.90. The van der Waals surface area contributed by atoms with Crippen LogP contribution in [0.5, 0.6) is 0 Å². The van der Waals surface area contributed by atoms with Crippen LogP contribution in [0.25, 0.3) is 0 Å². The summed E-state index contributed by atoms with van der Waals surface area (Å²) >= 11 is 0. The molecule has 4 N–H and O–H groups in total. The molecule has 0 atom stereocenters. The molecule has 0 unspecified atom stereocenters. The average molecular weight is 901 g/mol. The molecular weight excluding hydrogens is 817 g/mol. The Labute approximate surface area is 321 Å². The SMILES string of the molecule is CC(C)(C)CCCCCC(=O)O.CC(C)(C)CCCCCC(=O)O.CC(C)(C)CCCCCC(=O)O.CCCCCCCCCC(=O)O.[BiH3]. The summed E-state index contributed by atoms with van der Waals surface area (Å²) in [6.45, 7) is 22.1. The van der Waals surface area contributed by atoms with Crippen molar-refractivity contribution in [3.63, 3.8) is 0 Å². The minimum atomic E-state index is -0.675. The standard InChI is InChI=1S/4C10H20O2.Bi.3H/c3*1-10(2,3)8-6-4-5-7-9(11)12;1-2-3-4-5-6-7-8-9-10(11)12;;;;/h3*4-8H2,1-3H3,(H,11,12);2-9H2,1H3,(H,11,12);;;;. The first-order chi connectivity index (χ1) is 22.0. The van der Waals surface area contributed by atoms with Gasteiger partial charge in [0.15, 0.2) is 0 Å². The third-order valence-electron chi connectivity index (χ3n) is 7.45. The number of carboxylic acid groups (broad SMARTS) is 4. The Morgan fingerprint density at radius 2 is 0.531 bits per heavy atom. The molecule has 0 radical (unpaired) electrons. The van der Waals surface area contributed by atoms with Crippen LogP contribution in [0.1, 0.15) is 217 Å². The van der Waals surface area contributed by atoms with Crippen molar-refractivity contribution in [2.24, 2.45) is 16.2 Å². The van der Waals surface area contributed by atoms with Crippen LogP contribution in [0.4, 0.5) is 0 Å². The molecule has 0 aliphatic carbocycles. The molecule has 0 aromatic rings. The molecule has 0 aromatic heterocycles. The topological polar surface area (TPSA) is 149 Å². The number of carbonyl (C=O) groups is 4. The number of hydrogen-bond donors (Lipinski definition) is 4. The van der Waals surface area contributed by atoms with Gasteiger partial charge in [-0.1, -0.05) is 146 Å². The second-order valence-electron chi connectivity index (χ2n) is 16.8. The Morgan fingerprint density at radius 1 is 0.347 bits per heavy atom. The van der Waals surface area contributed by atoms with Gasteiger partial charge in [-0.25, -0.2) is 0 Å². The van der Waals surface area contributed by atoms with E-state index < -0.39 is 23.9 Å². The van der Waals surface area contributed by atoms with Crippen LogP contribution < -0.4 is 0 Å². The summed E-state index contributed by atoms with van der Waals surface area (Å²) in [5.41, 5.74) is 1.18. The monoisotopic (exact) mass is 901 g/mol. The molecule has 8 nitrogen and oxygen atoms in total. The first-order valence-corrected chi connectivity index (χ1v) is 18.9. The van der Waals surface area contributed by atoms with E-state index in [9.17, 15) is 19.2 Å². The van der Waals surface area contributed by atoms with Crippen LogP contribution in [-0.4, -0.2) is 70.5 Å². The summed E-state index contributed by atoms with van der Waals surface area (Å²) in [5, 5.41) is 33.5. The molecule has 0 aliphatic heterocycles. The van der Waals surface area contributed by atoms with Gasteiger partial charge in [-0.05, 0) is 61.2 Å².